The molecule has 29 heavy (non-hydrogen) atoms. The summed E-state index contributed by atoms with van der Waals surface area (Å²) >= 11 is 0. The fourth-order valence-corrected chi connectivity index (χ4v) is 3.10. The van der Waals surface area contributed by atoms with Gasteiger partial charge in [-0.15, -0.1) is 0 Å². The van der Waals surface area contributed by atoms with E-state index in [1.54, 1.807) is 0 Å². The van der Waals surface area contributed by atoms with E-state index >= 15 is 0 Å². The number of anilines is 1. The molecule has 1 atom stereocenters. The fourth-order valence-electron chi connectivity index (χ4n) is 3.10. The first-order chi connectivity index (χ1) is 12.8. The lowest BCUT2D eigenvalue weighted by Gasteiger charge is -2.53. The largest absolute Gasteiger partial charge is 0.388 e. The van der Waals surface area contributed by atoms with Gasteiger partial charge in [0.15, 0.2) is 0 Å². The highest BCUT2D eigenvalue weighted by molar-refractivity contribution is 5.53. The number of alkyl halides is 11. The van der Waals surface area contributed by atoms with Crippen LogP contribution in [0.25, 0.3) is 0 Å². The van der Waals surface area contributed by atoms with Crippen molar-refractivity contribution < 1.29 is 53.4 Å². The van der Waals surface area contributed by atoms with Gasteiger partial charge in [0.05, 0.1) is 6.10 Å². The molecule has 2 nitrogen and oxygen atoms in total. The van der Waals surface area contributed by atoms with Crippen molar-refractivity contribution in [3.05, 3.63) is 29.8 Å². The van der Waals surface area contributed by atoms with Gasteiger partial charge in [0.2, 0.25) is 0 Å². The molecule has 13 heteroatoms. The van der Waals surface area contributed by atoms with Crippen LogP contribution in [0.15, 0.2) is 24.3 Å². The summed E-state index contributed by atoms with van der Waals surface area (Å²) in [7, 11) is 2.65. The maximum absolute atomic E-state index is 14.8. The topological polar surface area (TPSA) is 23.5 Å². The summed E-state index contributed by atoms with van der Waals surface area (Å²) in [5, 5.41) is 9.99. The molecule has 0 heterocycles. The first-order valence-electron chi connectivity index (χ1n) is 7.83. The third-order valence-corrected chi connectivity index (χ3v) is 4.82. The van der Waals surface area contributed by atoms with Crippen molar-refractivity contribution in [1.82, 2.24) is 0 Å². The average Bonchev–Trinajstić information content (AvgIpc) is 2.59. The molecule has 1 unspecified atom stereocenters. The Morgan fingerprint density at radius 2 is 1.10 bits per heavy atom. The monoisotopic (exact) mass is 445 g/mol. The van der Waals surface area contributed by atoms with Gasteiger partial charge in [-0.05, 0) is 6.07 Å². The lowest BCUT2D eigenvalue weighted by atomic mass is 9.69. The van der Waals surface area contributed by atoms with Crippen LogP contribution >= 0.6 is 0 Å². The van der Waals surface area contributed by atoms with E-state index in [0.717, 1.165) is 12.1 Å². The van der Waals surface area contributed by atoms with Crippen LogP contribution in [-0.4, -0.2) is 54.5 Å². The number of aliphatic hydroxyl groups is 1. The van der Waals surface area contributed by atoms with Crippen molar-refractivity contribution in [3.63, 3.8) is 0 Å². The van der Waals surface area contributed by atoms with E-state index in [9.17, 15) is 53.4 Å². The number of benzene rings is 1. The van der Waals surface area contributed by atoms with Crippen molar-refractivity contribution in [1.29, 1.82) is 0 Å². The van der Waals surface area contributed by atoms with Crippen molar-refractivity contribution in [2.75, 3.05) is 19.0 Å². The second kappa shape index (κ2) is 6.35. The Balaban J connectivity index is 2.66. The molecular weight excluding hydrogens is 431 g/mol. The fraction of sp³-hybridized carbons (Fsp3) is 0.625. The van der Waals surface area contributed by atoms with Crippen molar-refractivity contribution >= 4 is 5.69 Å². The number of halogens is 11. The lowest BCUT2D eigenvalue weighted by molar-refractivity contribution is -0.487. The van der Waals surface area contributed by atoms with Crippen molar-refractivity contribution in [3.8, 4) is 0 Å². The minimum absolute atomic E-state index is 0.0742. The molecular formula is C16H14F11NO. The van der Waals surface area contributed by atoms with Crippen LogP contribution in [0.2, 0.25) is 0 Å². The summed E-state index contributed by atoms with van der Waals surface area (Å²) in [6, 6.07) is 4.56. The summed E-state index contributed by atoms with van der Waals surface area (Å²) in [5.41, 5.74) is -6.84. The Labute approximate surface area is 156 Å². The molecule has 1 aromatic rings. The van der Waals surface area contributed by atoms with Gasteiger partial charge in [-0.1, -0.05) is 18.2 Å². The zero-order chi connectivity index (χ0) is 22.8. The highest BCUT2D eigenvalue weighted by Crippen LogP contribution is 2.70. The molecule has 0 radical (unpaired) electrons. The van der Waals surface area contributed by atoms with E-state index in [4.69, 9.17) is 0 Å². The summed E-state index contributed by atoms with van der Waals surface area (Å²) < 4.78 is 151. The van der Waals surface area contributed by atoms with Gasteiger partial charge in [-0.2, -0.15) is 43.9 Å². The van der Waals surface area contributed by atoms with Gasteiger partial charge >= 0.3 is 29.6 Å². The van der Waals surface area contributed by atoms with Gasteiger partial charge in [0.1, 0.15) is 0 Å². The van der Waals surface area contributed by atoms with E-state index < -0.39 is 53.4 Å². The molecule has 1 aliphatic rings. The predicted octanol–water partition coefficient (Wildman–Crippen LogP) is 5.07. The van der Waals surface area contributed by atoms with Gasteiger partial charge in [-0.3, -0.25) is 0 Å². The summed E-state index contributed by atoms with van der Waals surface area (Å²) in [5.74, 6) is -35.5. The minimum Gasteiger partial charge on any atom is -0.388 e. The minimum atomic E-state index is -7.27. The van der Waals surface area contributed by atoms with Crippen LogP contribution in [0.5, 0.6) is 0 Å². The Kier molecular flexibility index (Phi) is 5.14. The van der Waals surface area contributed by atoms with Gasteiger partial charge < -0.3 is 10.0 Å². The second-order valence-electron chi connectivity index (χ2n) is 6.85. The average molecular weight is 445 g/mol. The van der Waals surface area contributed by atoms with E-state index in [1.165, 1.54) is 31.1 Å². The lowest BCUT2D eigenvalue weighted by Crippen LogP contribution is -2.83. The predicted molar refractivity (Wildman–Crippen MR) is 78.9 cm³/mol. The number of hydrogen-bond acceptors (Lipinski definition) is 2. The molecule has 1 N–H and O–H groups in total. The normalized spacial score (nSPS) is 26.6. The van der Waals surface area contributed by atoms with Crippen LogP contribution in [-0.2, 0) is 0 Å². The number of hydrogen-bond donors (Lipinski definition) is 1. The van der Waals surface area contributed by atoms with Gasteiger partial charge in [-0.25, -0.2) is 4.39 Å². The molecule has 2 rings (SSSR count). The molecule has 166 valence electrons. The van der Waals surface area contributed by atoms with Crippen LogP contribution in [0.1, 0.15) is 18.1 Å². The van der Waals surface area contributed by atoms with Crippen molar-refractivity contribution in [2.45, 2.75) is 47.8 Å². The van der Waals surface area contributed by atoms with E-state index in [1.807, 2.05) is 0 Å². The quantitative estimate of drug-likeness (QED) is 0.654. The van der Waals surface area contributed by atoms with Crippen LogP contribution < -0.4 is 4.90 Å². The maximum Gasteiger partial charge on any atom is 0.384 e. The SMILES string of the molecule is CN(C)c1ccccc1C(O)CC1(F)C(F)(F)C(F)(F)C(F)(F)C(F)(F)C1(F)F. The third-order valence-electron chi connectivity index (χ3n) is 4.82. The first-order valence-corrected chi connectivity index (χ1v) is 7.83. The molecule has 0 amide bonds. The van der Waals surface area contributed by atoms with E-state index in [0.29, 0.717) is 0 Å². The molecule has 0 bridgehead atoms. The number of para-hydroxylation sites is 1. The number of aliphatic hydroxyl groups excluding tert-OH is 1. The summed E-state index contributed by atoms with van der Waals surface area (Å²) in [4.78, 5) is 1.19. The number of nitrogens with zero attached hydrogens (tertiary/aromatic N) is 1. The highest BCUT2D eigenvalue weighted by atomic mass is 19.4. The highest BCUT2D eigenvalue weighted by Gasteiger charge is 3.00. The summed E-state index contributed by atoms with van der Waals surface area (Å²) in [6.45, 7) is 0. The third kappa shape index (κ3) is 2.65. The molecule has 1 aromatic carbocycles. The zero-order valence-corrected chi connectivity index (χ0v) is 14.6. The molecule has 1 fully saturated rings. The molecule has 0 saturated heterocycles. The molecule has 0 spiro atoms. The number of rotatable bonds is 4. The standard InChI is InChI=1S/C16H14F11NO/c1-28(2)9-6-4-3-5-8(9)10(29)7-11(17)12(18,19)14(22,23)16(26,27)15(24,25)13(11,20)21/h3-6,10,29H,7H2,1-2H3. The summed E-state index contributed by atoms with van der Waals surface area (Å²) in [6.07, 6.45) is -5.45. The van der Waals surface area contributed by atoms with Crippen LogP contribution in [0.3, 0.4) is 0 Å². The first kappa shape index (κ1) is 23.5. The Morgan fingerprint density at radius 3 is 1.52 bits per heavy atom. The van der Waals surface area contributed by atoms with Crippen LogP contribution in [0, 0.1) is 0 Å². The maximum atomic E-state index is 14.8. The van der Waals surface area contributed by atoms with E-state index in [2.05, 4.69) is 0 Å². The molecule has 1 aliphatic carbocycles. The Morgan fingerprint density at radius 1 is 0.724 bits per heavy atom. The second-order valence-corrected chi connectivity index (χ2v) is 6.85. The zero-order valence-electron chi connectivity index (χ0n) is 14.6. The van der Waals surface area contributed by atoms with Gasteiger partial charge in [0.25, 0.3) is 5.67 Å². The molecule has 0 aromatic heterocycles. The van der Waals surface area contributed by atoms with Crippen molar-refractivity contribution in [2.24, 2.45) is 0 Å². The van der Waals surface area contributed by atoms with Gasteiger partial charge in [0, 0.05) is 31.8 Å². The van der Waals surface area contributed by atoms with Crippen LogP contribution in [0.4, 0.5) is 54.0 Å². The Hall–Kier alpha value is -1.79. The van der Waals surface area contributed by atoms with E-state index in [-0.39, 0.29) is 5.69 Å². The smallest absolute Gasteiger partial charge is 0.384 e. The molecule has 0 aliphatic heterocycles. The Bertz CT molecular complexity index is 748. The molecule has 1 saturated carbocycles.